The van der Waals surface area contributed by atoms with Gasteiger partial charge in [-0.3, -0.25) is 4.79 Å². The first-order chi connectivity index (χ1) is 14.1. The van der Waals surface area contributed by atoms with Crippen molar-refractivity contribution in [1.82, 2.24) is 19.7 Å². The van der Waals surface area contributed by atoms with Crippen LogP contribution in [0, 0.1) is 0 Å². The van der Waals surface area contributed by atoms with Crippen LogP contribution >= 0.6 is 0 Å². The Hall–Kier alpha value is -2.99. The number of rotatable bonds is 5. The molecular formula is C23H26N4O2. The highest BCUT2D eigenvalue weighted by molar-refractivity contribution is 6.09. The number of amides is 1. The monoisotopic (exact) mass is 390 g/mol. The lowest BCUT2D eigenvalue weighted by Crippen LogP contribution is -2.28. The van der Waals surface area contributed by atoms with E-state index in [1.54, 1.807) is 11.2 Å². The first-order valence-electron chi connectivity index (χ1n) is 9.99. The van der Waals surface area contributed by atoms with Gasteiger partial charge in [0.1, 0.15) is 6.33 Å². The van der Waals surface area contributed by atoms with Crippen molar-refractivity contribution in [2.75, 3.05) is 20.3 Å². The molecule has 2 aromatic carbocycles. The SMILES string of the molecule is CC(C)n1cnnc1CN(C)C(=O)c1cccc2c(C3=CCOCC3)cccc12. The summed E-state index contributed by atoms with van der Waals surface area (Å²) in [5.74, 6) is 0.760. The molecule has 29 heavy (non-hydrogen) atoms. The van der Waals surface area contributed by atoms with Crippen LogP contribution in [0.25, 0.3) is 16.3 Å². The van der Waals surface area contributed by atoms with E-state index in [-0.39, 0.29) is 11.9 Å². The third kappa shape index (κ3) is 3.80. The average molecular weight is 390 g/mol. The van der Waals surface area contributed by atoms with Gasteiger partial charge in [-0.25, -0.2) is 0 Å². The van der Waals surface area contributed by atoms with E-state index in [4.69, 9.17) is 4.74 Å². The summed E-state index contributed by atoms with van der Waals surface area (Å²) in [6.45, 7) is 5.94. The Labute approximate surface area is 170 Å². The third-order valence-corrected chi connectivity index (χ3v) is 5.39. The quantitative estimate of drug-likeness (QED) is 0.658. The summed E-state index contributed by atoms with van der Waals surface area (Å²) < 4.78 is 7.44. The molecule has 150 valence electrons. The zero-order chi connectivity index (χ0) is 20.4. The molecule has 0 aliphatic carbocycles. The molecular weight excluding hydrogens is 364 g/mol. The van der Waals surface area contributed by atoms with Gasteiger partial charge in [0, 0.05) is 18.7 Å². The van der Waals surface area contributed by atoms with Gasteiger partial charge >= 0.3 is 0 Å². The van der Waals surface area contributed by atoms with E-state index in [1.165, 1.54) is 11.1 Å². The lowest BCUT2D eigenvalue weighted by molar-refractivity contribution is 0.0781. The summed E-state index contributed by atoms with van der Waals surface area (Å²) in [7, 11) is 1.81. The minimum atomic E-state index is -0.0213. The van der Waals surface area contributed by atoms with Gasteiger partial charge in [-0.15, -0.1) is 10.2 Å². The lowest BCUT2D eigenvalue weighted by atomic mass is 9.93. The third-order valence-electron chi connectivity index (χ3n) is 5.39. The van der Waals surface area contributed by atoms with Gasteiger partial charge in [-0.1, -0.05) is 36.4 Å². The summed E-state index contributed by atoms with van der Waals surface area (Å²) in [6.07, 6.45) is 4.74. The van der Waals surface area contributed by atoms with Gasteiger partial charge in [-0.05, 0) is 48.2 Å². The fourth-order valence-electron chi connectivity index (χ4n) is 3.85. The minimum Gasteiger partial charge on any atom is -0.377 e. The van der Waals surface area contributed by atoms with Gasteiger partial charge < -0.3 is 14.2 Å². The van der Waals surface area contributed by atoms with E-state index >= 15 is 0 Å². The van der Waals surface area contributed by atoms with Gasteiger partial charge in [-0.2, -0.15) is 0 Å². The molecule has 0 fully saturated rings. The molecule has 1 aliphatic heterocycles. The van der Waals surface area contributed by atoms with Crippen LogP contribution in [0.2, 0.25) is 0 Å². The van der Waals surface area contributed by atoms with Crippen molar-refractivity contribution in [3.05, 3.63) is 65.8 Å². The molecule has 0 unspecified atom stereocenters. The number of hydrogen-bond acceptors (Lipinski definition) is 4. The van der Waals surface area contributed by atoms with E-state index in [2.05, 4.69) is 42.3 Å². The number of carbonyl (C=O) groups excluding carboxylic acids is 1. The molecule has 6 heteroatoms. The minimum absolute atomic E-state index is 0.0213. The molecule has 0 bridgehead atoms. The molecule has 3 aromatic rings. The van der Waals surface area contributed by atoms with Crippen LogP contribution in [-0.2, 0) is 11.3 Å². The Morgan fingerprint density at radius 1 is 1.21 bits per heavy atom. The fourth-order valence-corrected chi connectivity index (χ4v) is 3.85. The second kappa shape index (κ2) is 8.17. The first-order valence-corrected chi connectivity index (χ1v) is 9.99. The zero-order valence-electron chi connectivity index (χ0n) is 17.1. The largest absolute Gasteiger partial charge is 0.377 e. The summed E-state index contributed by atoms with van der Waals surface area (Å²) in [5.41, 5.74) is 3.17. The number of aromatic nitrogens is 3. The van der Waals surface area contributed by atoms with Gasteiger partial charge in [0.25, 0.3) is 5.91 Å². The van der Waals surface area contributed by atoms with Crippen LogP contribution in [0.3, 0.4) is 0 Å². The standard InChI is InChI=1S/C23H26N4O2/c1-16(2)27-15-24-25-22(27)14-26(3)23(28)21-9-5-7-19-18(6-4-8-20(19)21)17-10-12-29-13-11-17/h4-10,15-16H,11-14H2,1-3H3. The van der Waals surface area contributed by atoms with Crippen LogP contribution < -0.4 is 0 Å². The van der Waals surface area contributed by atoms with Crippen LogP contribution in [0.5, 0.6) is 0 Å². The number of carbonyl (C=O) groups is 1. The molecule has 6 nitrogen and oxygen atoms in total. The molecule has 1 aromatic heterocycles. The number of fused-ring (bicyclic) bond motifs is 1. The summed E-state index contributed by atoms with van der Waals surface area (Å²) >= 11 is 0. The Bertz CT molecular complexity index is 1070. The van der Waals surface area contributed by atoms with E-state index in [0.717, 1.165) is 29.6 Å². The number of ether oxygens (including phenoxy) is 1. The highest BCUT2D eigenvalue weighted by Gasteiger charge is 2.19. The van der Waals surface area contributed by atoms with Crippen LogP contribution in [0.1, 0.15) is 48.1 Å². The summed E-state index contributed by atoms with van der Waals surface area (Å²) in [5, 5.41) is 10.3. The predicted octanol–water partition coefficient (Wildman–Crippen LogP) is 4.09. The van der Waals surface area contributed by atoms with Gasteiger partial charge in [0.15, 0.2) is 5.82 Å². The molecule has 1 amide bonds. The Kier molecular flexibility index (Phi) is 5.45. The molecule has 0 atom stereocenters. The molecule has 0 saturated heterocycles. The fraction of sp³-hybridized carbons (Fsp3) is 0.348. The van der Waals surface area contributed by atoms with Crippen molar-refractivity contribution < 1.29 is 9.53 Å². The molecule has 4 rings (SSSR count). The highest BCUT2D eigenvalue weighted by atomic mass is 16.5. The van der Waals surface area contributed by atoms with Gasteiger partial charge in [0.2, 0.25) is 0 Å². The Morgan fingerprint density at radius 2 is 2.00 bits per heavy atom. The van der Waals surface area contributed by atoms with Crippen LogP contribution in [-0.4, -0.2) is 45.8 Å². The number of hydrogen-bond donors (Lipinski definition) is 0. The van der Waals surface area contributed by atoms with Crippen molar-refractivity contribution in [2.24, 2.45) is 0 Å². The molecule has 0 radical (unpaired) electrons. The molecule has 0 spiro atoms. The molecule has 2 heterocycles. The van der Waals surface area contributed by atoms with Crippen LogP contribution in [0.4, 0.5) is 0 Å². The van der Waals surface area contributed by atoms with Crippen molar-refractivity contribution in [2.45, 2.75) is 32.9 Å². The second-order valence-electron chi connectivity index (χ2n) is 7.67. The lowest BCUT2D eigenvalue weighted by Gasteiger charge is -2.20. The average Bonchev–Trinajstić information content (AvgIpc) is 3.21. The highest BCUT2D eigenvalue weighted by Crippen LogP contribution is 2.31. The smallest absolute Gasteiger partial charge is 0.254 e. The maximum Gasteiger partial charge on any atom is 0.254 e. The molecule has 0 saturated carbocycles. The number of nitrogens with zero attached hydrogens (tertiary/aromatic N) is 4. The van der Waals surface area contributed by atoms with Gasteiger partial charge in [0.05, 0.1) is 19.8 Å². The van der Waals surface area contributed by atoms with Crippen molar-refractivity contribution in [3.63, 3.8) is 0 Å². The summed E-state index contributed by atoms with van der Waals surface area (Å²) in [4.78, 5) is 15.0. The maximum absolute atomic E-state index is 13.3. The van der Waals surface area contributed by atoms with Crippen molar-refractivity contribution in [1.29, 1.82) is 0 Å². The number of benzene rings is 2. The second-order valence-corrected chi connectivity index (χ2v) is 7.67. The molecule has 1 aliphatic rings. The Morgan fingerprint density at radius 3 is 2.76 bits per heavy atom. The van der Waals surface area contributed by atoms with Crippen LogP contribution in [0.15, 0.2) is 48.8 Å². The van der Waals surface area contributed by atoms with E-state index in [9.17, 15) is 4.79 Å². The predicted molar refractivity (Wildman–Crippen MR) is 114 cm³/mol. The van der Waals surface area contributed by atoms with Crippen molar-refractivity contribution in [3.8, 4) is 0 Å². The molecule has 0 N–H and O–H groups in total. The topological polar surface area (TPSA) is 60.2 Å². The Balaban J connectivity index is 1.67. The normalized spacial score (nSPS) is 14.3. The summed E-state index contributed by atoms with van der Waals surface area (Å²) in [6, 6.07) is 12.4. The first kappa shape index (κ1) is 19.3. The van der Waals surface area contributed by atoms with E-state index in [1.807, 2.05) is 35.9 Å². The zero-order valence-corrected chi connectivity index (χ0v) is 17.1. The van der Waals surface area contributed by atoms with E-state index in [0.29, 0.717) is 18.7 Å². The van der Waals surface area contributed by atoms with E-state index < -0.39 is 0 Å². The van der Waals surface area contributed by atoms with Crippen molar-refractivity contribution >= 4 is 22.3 Å². The maximum atomic E-state index is 13.3.